The van der Waals surface area contributed by atoms with Crippen molar-refractivity contribution >= 4 is 22.8 Å². The van der Waals surface area contributed by atoms with E-state index in [9.17, 15) is 9.90 Å². The second-order valence-electron chi connectivity index (χ2n) is 14.4. The van der Waals surface area contributed by atoms with Crippen LogP contribution in [-0.2, 0) is 13.6 Å². The minimum atomic E-state index is -0.926. The number of aryl methyl sites for hydroxylation is 1. The Morgan fingerprint density at radius 2 is 1.68 bits per heavy atom. The Labute approximate surface area is 308 Å². The lowest BCUT2D eigenvalue weighted by Crippen LogP contribution is -2.54. The van der Waals surface area contributed by atoms with Crippen LogP contribution in [0.2, 0.25) is 0 Å². The number of nitrogens with one attached hydrogen (secondary N) is 1. The van der Waals surface area contributed by atoms with Crippen molar-refractivity contribution in [2.75, 3.05) is 26.1 Å². The Hall–Kier alpha value is -6.04. The number of hydrogen-bond acceptors (Lipinski definition) is 8. The van der Waals surface area contributed by atoms with Crippen LogP contribution in [0.3, 0.4) is 0 Å². The molecule has 2 atom stereocenters. The maximum atomic E-state index is 12.7. The van der Waals surface area contributed by atoms with Crippen molar-refractivity contribution in [1.82, 2.24) is 29.4 Å². The first kappa shape index (κ1) is 35.4. The molecule has 1 amide bonds. The number of rotatable bonds is 10. The number of likely N-dealkylation sites (tertiary alicyclic amines) is 1. The minimum Gasteiger partial charge on any atom is -0.497 e. The molecule has 0 saturated carbocycles. The number of fused-ring (bicyclic) bond motifs is 1. The normalized spacial score (nSPS) is 16.1. The maximum absolute atomic E-state index is 12.7. The van der Waals surface area contributed by atoms with Crippen molar-refractivity contribution in [3.8, 4) is 45.4 Å². The minimum absolute atomic E-state index is 0.260. The summed E-state index contributed by atoms with van der Waals surface area (Å²) in [7, 11) is 5.15. The number of piperidine rings is 1. The Kier molecular flexibility index (Phi) is 9.70. The van der Waals surface area contributed by atoms with Crippen molar-refractivity contribution in [3.05, 3.63) is 97.0 Å². The Morgan fingerprint density at radius 1 is 0.943 bits per heavy atom. The highest BCUT2D eigenvalue weighted by molar-refractivity contribution is 6.07. The van der Waals surface area contributed by atoms with Crippen molar-refractivity contribution in [1.29, 1.82) is 0 Å². The molecule has 12 heteroatoms. The summed E-state index contributed by atoms with van der Waals surface area (Å²) in [6, 6.07) is 22.7. The number of carbonyl (C=O) groups is 1. The molecule has 2 unspecified atom stereocenters. The fourth-order valence-electron chi connectivity index (χ4n) is 7.49. The monoisotopic (exact) mass is 715 g/mol. The number of methoxy groups -OCH3 is 2. The third-order valence-corrected chi connectivity index (χ3v) is 9.83. The second-order valence-corrected chi connectivity index (χ2v) is 14.4. The number of anilines is 1. The molecular weight excluding hydrogens is 670 g/mol. The van der Waals surface area contributed by atoms with Crippen LogP contribution in [0, 0.1) is 5.41 Å². The zero-order chi connectivity index (χ0) is 37.3. The number of hydrogen-bond donors (Lipinski definition) is 2. The van der Waals surface area contributed by atoms with Gasteiger partial charge in [-0.2, -0.15) is 10.2 Å². The molecule has 0 bridgehead atoms. The summed E-state index contributed by atoms with van der Waals surface area (Å²) < 4.78 is 21.1. The summed E-state index contributed by atoms with van der Waals surface area (Å²) in [5.74, 6) is 3.46. The Balaban J connectivity index is 1.44. The zero-order valence-corrected chi connectivity index (χ0v) is 30.9. The van der Waals surface area contributed by atoms with Gasteiger partial charge in [0.05, 0.1) is 43.4 Å². The summed E-state index contributed by atoms with van der Waals surface area (Å²) in [5, 5.41) is 24.8. The fourth-order valence-corrected chi connectivity index (χ4v) is 7.49. The third-order valence-electron chi connectivity index (χ3n) is 9.83. The first-order valence-corrected chi connectivity index (χ1v) is 17.7. The molecule has 4 heterocycles. The summed E-state index contributed by atoms with van der Waals surface area (Å²) in [6.45, 7) is 7.18. The average Bonchev–Trinajstić information content (AvgIpc) is 3.78. The highest BCUT2D eigenvalue weighted by Crippen LogP contribution is 2.45. The van der Waals surface area contributed by atoms with Crippen LogP contribution in [0.5, 0.6) is 23.0 Å². The van der Waals surface area contributed by atoms with E-state index in [1.807, 2.05) is 98.4 Å². The van der Waals surface area contributed by atoms with E-state index < -0.39 is 6.09 Å². The van der Waals surface area contributed by atoms with Crippen LogP contribution in [-0.4, -0.2) is 67.5 Å². The van der Waals surface area contributed by atoms with Crippen molar-refractivity contribution in [2.24, 2.45) is 12.5 Å². The number of amides is 1. The van der Waals surface area contributed by atoms with E-state index in [0.29, 0.717) is 48.3 Å². The highest BCUT2D eigenvalue weighted by atomic mass is 16.5. The molecule has 1 saturated heterocycles. The number of carboxylic acid groups (broad SMARTS) is 1. The average molecular weight is 716 g/mol. The van der Waals surface area contributed by atoms with Gasteiger partial charge < -0.3 is 29.5 Å². The highest BCUT2D eigenvalue weighted by Gasteiger charge is 2.44. The first-order valence-electron chi connectivity index (χ1n) is 17.7. The number of pyridine rings is 1. The number of para-hydroxylation sites is 1. The predicted molar refractivity (Wildman–Crippen MR) is 205 cm³/mol. The van der Waals surface area contributed by atoms with Gasteiger partial charge in [-0.3, -0.25) is 9.36 Å². The SMILES string of the molecule is COc1ccc(CNc2ncc(-c3cnn(C)c3)c3c2c(-c2ccc(Oc4ccccc4)cc2)nn3C2CCCN(C(=O)O)C2C(C)(C)C)c(OC)c1. The molecule has 3 aromatic heterocycles. The summed E-state index contributed by atoms with van der Waals surface area (Å²) in [6.07, 6.45) is 6.18. The molecule has 0 spiro atoms. The van der Waals surface area contributed by atoms with Crippen molar-refractivity contribution < 1.29 is 24.1 Å². The summed E-state index contributed by atoms with van der Waals surface area (Å²) in [5.41, 5.74) is 4.70. The van der Waals surface area contributed by atoms with Gasteiger partial charge in [0.25, 0.3) is 0 Å². The second kappa shape index (κ2) is 14.5. The smallest absolute Gasteiger partial charge is 0.407 e. The lowest BCUT2D eigenvalue weighted by molar-refractivity contribution is 0.0251. The number of aromatic nitrogens is 5. The van der Waals surface area contributed by atoms with Crippen LogP contribution >= 0.6 is 0 Å². The molecule has 1 aliphatic rings. The zero-order valence-electron chi connectivity index (χ0n) is 30.9. The van der Waals surface area contributed by atoms with E-state index in [1.54, 1.807) is 23.8 Å². The van der Waals surface area contributed by atoms with Gasteiger partial charge in [0.2, 0.25) is 0 Å². The molecule has 1 aliphatic heterocycles. The van der Waals surface area contributed by atoms with Crippen LogP contribution in [0.25, 0.3) is 33.3 Å². The number of benzene rings is 3. The van der Waals surface area contributed by atoms with Gasteiger partial charge in [-0.25, -0.2) is 9.78 Å². The number of ether oxygens (including phenoxy) is 3. The largest absolute Gasteiger partial charge is 0.497 e. The molecule has 53 heavy (non-hydrogen) atoms. The standard InChI is InChI=1S/C41H45N7O5/c1-41(2,3)38-33(13-10-20-47(38)40(49)50)48-37-32(28-23-44-46(4)25-28)24-43-39(42-22-27-16-19-31(51-5)21-34(27)52-6)35(37)36(45-48)26-14-17-30(18-15-26)53-29-11-8-7-9-12-29/h7-9,11-12,14-19,21,23-25,33,38H,10,13,20,22H2,1-6H3,(H,42,43)(H,49,50). The van der Waals surface area contributed by atoms with Gasteiger partial charge in [-0.05, 0) is 66.8 Å². The lowest BCUT2D eigenvalue weighted by atomic mass is 9.77. The molecule has 0 aliphatic carbocycles. The lowest BCUT2D eigenvalue weighted by Gasteiger charge is -2.46. The molecule has 7 rings (SSSR count). The van der Waals surface area contributed by atoms with Gasteiger partial charge in [0.1, 0.15) is 34.5 Å². The van der Waals surface area contributed by atoms with Crippen LogP contribution in [0.1, 0.15) is 45.2 Å². The first-order chi connectivity index (χ1) is 25.5. The Morgan fingerprint density at radius 3 is 2.34 bits per heavy atom. The van der Waals surface area contributed by atoms with E-state index in [1.165, 1.54) is 0 Å². The van der Waals surface area contributed by atoms with Gasteiger partial charge in [-0.15, -0.1) is 0 Å². The summed E-state index contributed by atoms with van der Waals surface area (Å²) in [4.78, 5) is 19.4. The van der Waals surface area contributed by atoms with Crippen LogP contribution < -0.4 is 19.5 Å². The van der Waals surface area contributed by atoms with Gasteiger partial charge in [-0.1, -0.05) is 39.0 Å². The van der Waals surface area contributed by atoms with Crippen molar-refractivity contribution in [2.45, 2.75) is 52.2 Å². The molecule has 1 fully saturated rings. The van der Waals surface area contributed by atoms with Gasteiger partial charge in [0.15, 0.2) is 0 Å². The predicted octanol–water partition coefficient (Wildman–Crippen LogP) is 8.65. The topological polar surface area (TPSA) is 129 Å². The fraction of sp³-hybridized carbons (Fsp3) is 0.317. The molecule has 2 N–H and O–H groups in total. The van der Waals surface area contributed by atoms with E-state index in [0.717, 1.165) is 45.3 Å². The van der Waals surface area contributed by atoms with E-state index in [4.69, 9.17) is 24.3 Å². The van der Waals surface area contributed by atoms with E-state index >= 15 is 0 Å². The molecule has 12 nitrogen and oxygen atoms in total. The molecule has 6 aromatic rings. The molecule has 3 aromatic carbocycles. The third kappa shape index (κ3) is 7.09. The van der Waals surface area contributed by atoms with Gasteiger partial charge >= 0.3 is 6.09 Å². The quantitative estimate of drug-likeness (QED) is 0.143. The van der Waals surface area contributed by atoms with Crippen LogP contribution in [0.15, 0.2) is 91.4 Å². The van der Waals surface area contributed by atoms with Crippen molar-refractivity contribution in [3.63, 3.8) is 0 Å². The molecule has 274 valence electrons. The number of nitrogens with zero attached hydrogens (tertiary/aromatic N) is 6. The van der Waals surface area contributed by atoms with Crippen LogP contribution in [0.4, 0.5) is 10.6 Å². The maximum Gasteiger partial charge on any atom is 0.407 e. The summed E-state index contributed by atoms with van der Waals surface area (Å²) >= 11 is 0. The van der Waals surface area contributed by atoms with Gasteiger partial charge in [0, 0.05) is 60.9 Å². The van der Waals surface area contributed by atoms with E-state index in [2.05, 4.69) is 35.9 Å². The van der Waals surface area contributed by atoms with E-state index in [-0.39, 0.29) is 17.5 Å². The Bertz CT molecular complexity index is 2220. The molecule has 0 radical (unpaired) electrons. The molecular formula is C41H45N7O5.